The minimum atomic E-state index is 0.0483. The summed E-state index contributed by atoms with van der Waals surface area (Å²) in [4.78, 5) is 7.40. The standard InChI is InChI=1S/C20H24N4S/c1-16-21-19(15-25-16)20(17-6-4-3-5-7-17)9-12-24(13-10-20)14-18-8-11-23(2)22-18/h3-8,11,15H,9-10,12-14H2,1-2H3. The lowest BCUT2D eigenvalue weighted by molar-refractivity contribution is 0.168. The van der Waals surface area contributed by atoms with Crippen molar-refractivity contribution < 1.29 is 0 Å². The van der Waals surface area contributed by atoms with Crippen LogP contribution in [0.15, 0.2) is 48.0 Å². The predicted molar refractivity (Wildman–Crippen MR) is 102 cm³/mol. The first-order valence-corrected chi connectivity index (χ1v) is 9.73. The van der Waals surface area contributed by atoms with Crippen molar-refractivity contribution in [3.8, 4) is 0 Å². The molecule has 25 heavy (non-hydrogen) atoms. The average Bonchev–Trinajstić information content (AvgIpc) is 3.25. The summed E-state index contributed by atoms with van der Waals surface area (Å²) in [5.74, 6) is 0. The lowest BCUT2D eigenvalue weighted by Crippen LogP contribution is -2.43. The Morgan fingerprint density at radius 2 is 1.88 bits per heavy atom. The van der Waals surface area contributed by atoms with Crippen LogP contribution in [-0.2, 0) is 19.0 Å². The third kappa shape index (κ3) is 3.26. The first kappa shape index (κ1) is 16.5. The molecule has 4 rings (SSSR count). The molecule has 0 aliphatic carbocycles. The molecule has 1 fully saturated rings. The fourth-order valence-corrected chi connectivity index (χ4v) is 4.61. The third-order valence-corrected chi connectivity index (χ3v) is 6.07. The summed E-state index contributed by atoms with van der Waals surface area (Å²) >= 11 is 1.76. The fraction of sp³-hybridized carbons (Fsp3) is 0.400. The van der Waals surface area contributed by atoms with Crippen molar-refractivity contribution in [2.75, 3.05) is 13.1 Å². The number of likely N-dealkylation sites (tertiary alicyclic amines) is 1. The van der Waals surface area contributed by atoms with Gasteiger partial charge < -0.3 is 0 Å². The highest BCUT2D eigenvalue weighted by atomic mass is 32.1. The van der Waals surface area contributed by atoms with E-state index >= 15 is 0 Å². The second-order valence-electron chi connectivity index (χ2n) is 6.96. The zero-order valence-electron chi connectivity index (χ0n) is 14.9. The minimum absolute atomic E-state index is 0.0483. The van der Waals surface area contributed by atoms with E-state index in [4.69, 9.17) is 4.98 Å². The van der Waals surface area contributed by atoms with Gasteiger partial charge in [0.2, 0.25) is 0 Å². The van der Waals surface area contributed by atoms with Crippen molar-refractivity contribution in [3.05, 3.63) is 69.9 Å². The lowest BCUT2D eigenvalue weighted by atomic mass is 9.70. The largest absolute Gasteiger partial charge is 0.297 e. The van der Waals surface area contributed by atoms with Gasteiger partial charge in [0, 0.05) is 30.6 Å². The Bertz CT molecular complexity index is 828. The van der Waals surface area contributed by atoms with Gasteiger partial charge in [0.25, 0.3) is 0 Å². The molecule has 3 aromatic rings. The summed E-state index contributed by atoms with van der Waals surface area (Å²) in [6, 6.07) is 13.0. The van der Waals surface area contributed by atoms with E-state index in [1.807, 2.05) is 17.9 Å². The van der Waals surface area contributed by atoms with Crippen molar-refractivity contribution in [1.82, 2.24) is 19.7 Å². The molecule has 0 atom stereocenters. The van der Waals surface area contributed by atoms with Gasteiger partial charge in [-0.2, -0.15) is 5.10 Å². The van der Waals surface area contributed by atoms with Crippen LogP contribution in [-0.4, -0.2) is 32.8 Å². The van der Waals surface area contributed by atoms with E-state index in [2.05, 4.69) is 58.7 Å². The van der Waals surface area contributed by atoms with Crippen molar-refractivity contribution in [2.45, 2.75) is 31.7 Å². The number of piperidine rings is 1. The Morgan fingerprint density at radius 3 is 2.48 bits per heavy atom. The summed E-state index contributed by atoms with van der Waals surface area (Å²) in [5, 5.41) is 7.94. The SMILES string of the molecule is Cc1nc(C2(c3ccccc3)CCN(Cc3ccn(C)n3)CC2)cs1. The molecule has 1 saturated heterocycles. The normalized spacial score (nSPS) is 17.7. The maximum absolute atomic E-state index is 4.88. The second-order valence-corrected chi connectivity index (χ2v) is 8.02. The van der Waals surface area contributed by atoms with Crippen molar-refractivity contribution >= 4 is 11.3 Å². The number of aryl methyl sites for hydroxylation is 2. The number of thiazole rings is 1. The van der Waals surface area contributed by atoms with E-state index in [1.165, 1.54) is 11.3 Å². The van der Waals surface area contributed by atoms with E-state index in [0.29, 0.717) is 0 Å². The van der Waals surface area contributed by atoms with Crippen LogP contribution in [0.4, 0.5) is 0 Å². The zero-order valence-corrected chi connectivity index (χ0v) is 15.7. The molecule has 130 valence electrons. The smallest absolute Gasteiger partial charge is 0.0897 e. The Hall–Kier alpha value is -1.98. The van der Waals surface area contributed by atoms with Crippen LogP contribution in [0.5, 0.6) is 0 Å². The maximum atomic E-state index is 4.88. The molecule has 0 saturated carbocycles. The first-order chi connectivity index (χ1) is 12.2. The van der Waals surface area contributed by atoms with E-state index in [1.54, 1.807) is 11.3 Å². The van der Waals surface area contributed by atoms with Crippen LogP contribution in [0, 0.1) is 6.92 Å². The summed E-state index contributed by atoms with van der Waals surface area (Å²) in [5.41, 5.74) is 3.85. The average molecular weight is 353 g/mol. The summed E-state index contributed by atoms with van der Waals surface area (Å²) in [7, 11) is 1.98. The van der Waals surface area contributed by atoms with Crippen LogP contribution in [0.1, 0.15) is 34.8 Å². The molecule has 0 radical (unpaired) electrons. The molecule has 0 N–H and O–H groups in total. The zero-order chi connectivity index (χ0) is 17.3. The molecular weight excluding hydrogens is 328 g/mol. The summed E-state index contributed by atoms with van der Waals surface area (Å²) in [6.07, 6.45) is 4.23. The van der Waals surface area contributed by atoms with Gasteiger partial charge in [0.05, 0.1) is 16.4 Å². The number of nitrogens with zero attached hydrogens (tertiary/aromatic N) is 4. The van der Waals surface area contributed by atoms with Crippen LogP contribution in [0.3, 0.4) is 0 Å². The monoisotopic (exact) mass is 352 g/mol. The van der Waals surface area contributed by atoms with Crippen LogP contribution >= 0.6 is 11.3 Å². The molecule has 1 aromatic carbocycles. The van der Waals surface area contributed by atoms with Gasteiger partial charge in [-0.15, -0.1) is 11.3 Å². The van der Waals surface area contributed by atoms with Crippen molar-refractivity contribution in [1.29, 1.82) is 0 Å². The molecule has 4 nitrogen and oxygen atoms in total. The van der Waals surface area contributed by atoms with E-state index in [9.17, 15) is 0 Å². The van der Waals surface area contributed by atoms with Gasteiger partial charge in [0.1, 0.15) is 0 Å². The van der Waals surface area contributed by atoms with E-state index < -0.39 is 0 Å². The van der Waals surface area contributed by atoms with Crippen molar-refractivity contribution in [2.24, 2.45) is 7.05 Å². The molecular formula is C20H24N4S. The topological polar surface area (TPSA) is 34.0 Å². The van der Waals surface area contributed by atoms with Gasteiger partial charge in [-0.05, 0) is 44.5 Å². The van der Waals surface area contributed by atoms with Gasteiger partial charge in [-0.1, -0.05) is 30.3 Å². The molecule has 0 spiro atoms. The minimum Gasteiger partial charge on any atom is -0.297 e. The number of benzene rings is 1. The molecule has 2 aromatic heterocycles. The van der Waals surface area contributed by atoms with Crippen molar-refractivity contribution in [3.63, 3.8) is 0 Å². The molecule has 0 amide bonds. The van der Waals surface area contributed by atoms with Gasteiger partial charge in [-0.25, -0.2) is 4.98 Å². The molecule has 0 unspecified atom stereocenters. The molecule has 1 aliphatic rings. The number of hydrogen-bond donors (Lipinski definition) is 0. The van der Waals surface area contributed by atoms with E-state index in [0.717, 1.165) is 43.2 Å². The van der Waals surface area contributed by atoms with E-state index in [-0.39, 0.29) is 5.41 Å². The Morgan fingerprint density at radius 1 is 1.12 bits per heavy atom. The fourth-order valence-electron chi connectivity index (χ4n) is 3.90. The number of hydrogen-bond acceptors (Lipinski definition) is 4. The molecule has 0 bridgehead atoms. The van der Waals surface area contributed by atoms with Crippen LogP contribution in [0.2, 0.25) is 0 Å². The molecule has 3 heterocycles. The first-order valence-electron chi connectivity index (χ1n) is 8.85. The van der Waals surface area contributed by atoms with Crippen LogP contribution in [0.25, 0.3) is 0 Å². The number of aromatic nitrogens is 3. The lowest BCUT2D eigenvalue weighted by Gasteiger charge is -2.41. The number of rotatable bonds is 4. The molecule has 5 heteroatoms. The highest BCUT2D eigenvalue weighted by Gasteiger charge is 2.39. The maximum Gasteiger partial charge on any atom is 0.0897 e. The Balaban J connectivity index is 1.57. The van der Waals surface area contributed by atoms with Gasteiger partial charge >= 0.3 is 0 Å². The quantitative estimate of drug-likeness (QED) is 0.717. The predicted octanol–water partition coefficient (Wildman–Crippen LogP) is 3.77. The van der Waals surface area contributed by atoms with Gasteiger partial charge in [0.15, 0.2) is 0 Å². The third-order valence-electron chi connectivity index (χ3n) is 5.30. The highest BCUT2D eigenvalue weighted by molar-refractivity contribution is 7.09. The summed E-state index contributed by atoms with van der Waals surface area (Å²) in [6.45, 7) is 5.18. The molecule has 1 aliphatic heterocycles. The van der Waals surface area contributed by atoms with Gasteiger partial charge in [-0.3, -0.25) is 9.58 Å². The summed E-state index contributed by atoms with van der Waals surface area (Å²) < 4.78 is 1.88. The Labute approximate surface area is 153 Å². The highest BCUT2D eigenvalue weighted by Crippen LogP contribution is 2.42. The Kier molecular flexibility index (Phi) is 4.44. The van der Waals surface area contributed by atoms with Crippen LogP contribution < -0.4 is 0 Å². The second kappa shape index (κ2) is 6.73.